The van der Waals surface area contributed by atoms with Crippen molar-refractivity contribution in [3.8, 4) is 11.4 Å². The zero-order chi connectivity index (χ0) is 15.6. The van der Waals surface area contributed by atoms with E-state index >= 15 is 0 Å². The SMILES string of the molecule is Cc1nc(-c2ccc(Cn3cc(C4CCOC4)nn3)cc2)no1. The summed E-state index contributed by atoms with van der Waals surface area (Å²) in [4.78, 5) is 4.22. The second-order valence-electron chi connectivity index (χ2n) is 5.74. The highest BCUT2D eigenvalue weighted by atomic mass is 16.5. The Labute approximate surface area is 133 Å². The van der Waals surface area contributed by atoms with Gasteiger partial charge in [0.05, 0.1) is 18.8 Å². The fourth-order valence-electron chi connectivity index (χ4n) is 2.71. The molecule has 1 aliphatic heterocycles. The predicted molar refractivity (Wildman–Crippen MR) is 81.8 cm³/mol. The number of rotatable bonds is 4. The molecule has 0 spiro atoms. The van der Waals surface area contributed by atoms with Crippen molar-refractivity contribution in [1.82, 2.24) is 25.1 Å². The zero-order valence-electron chi connectivity index (χ0n) is 12.8. The predicted octanol–water partition coefficient (Wildman–Crippen LogP) is 2.19. The van der Waals surface area contributed by atoms with Gasteiger partial charge in [-0.2, -0.15) is 4.98 Å². The summed E-state index contributed by atoms with van der Waals surface area (Å²) in [5.74, 6) is 1.56. The minimum atomic E-state index is 0.382. The van der Waals surface area contributed by atoms with Crippen molar-refractivity contribution in [2.24, 2.45) is 0 Å². The van der Waals surface area contributed by atoms with E-state index in [0.717, 1.165) is 36.5 Å². The minimum Gasteiger partial charge on any atom is -0.381 e. The van der Waals surface area contributed by atoms with E-state index in [1.165, 1.54) is 0 Å². The molecule has 7 nitrogen and oxygen atoms in total. The van der Waals surface area contributed by atoms with Crippen molar-refractivity contribution in [3.63, 3.8) is 0 Å². The number of benzene rings is 1. The second-order valence-corrected chi connectivity index (χ2v) is 5.74. The van der Waals surface area contributed by atoms with Gasteiger partial charge in [0, 0.05) is 31.2 Å². The highest BCUT2D eigenvalue weighted by Gasteiger charge is 2.20. The monoisotopic (exact) mass is 311 g/mol. The molecule has 2 aromatic heterocycles. The molecule has 118 valence electrons. The van der Waals surface area contributed by atoms with E-state index in [-0.39, 0.29) is 0 Å². The summed E-state index contributed by atoms with van der Waals surface area (Å²) in [6.07, 6.45) is 3.04. The van der Waals surface area contributed by atoms with Gasteiger partial charge < -0.3 is 9.26 Å². The molecule has 1 unspecified atom stereocenters. The number of hydrogen-bond acceptors (Lipinski definition) is 6. The van der Waals surface area contributed by atoms with E-state index in [2.05, 4.69) is 20.5 Å². The average Bonchev–Trinajstić information content (AvgIpc) is 3.28. The fourth-order valence-corrected chi connectivity index (χ4v) is 2.71. The smallest absolute Gasteiger partial charge is 0.223 e. The van der Waals surface area contributed by atoms with E-state index in [4.69, 9.17) is 9.26 Å². The maximum Gasteiger partial charge on any atom is 0.223 e. The molecule has 3 heterocycles. The number of nitrogens with zero attached hydrogens (tertiary/aromatic N) is 5. The first-order valence-corrected chi connectivity index (χ1v) is 7.65. The van der Waals surface area contributed by atoms with Crippen LogP contribution in [0.3, 0.4) is 0 Å². The van der Waals surface area contributed by atoms with Crippen LogP contribution in [0.2, 0.25) is 0 Å². The molecule has 1 aliphatic rings. The lowest BCUT2D eigenvalue weighted by molar-refractivity contribution is 0.193. The van der Waals surface area contributed by atoms with Crippen LogP contribution in [0, 0.1) is 6.92 Å². The van der Waals surface area contributed by atoms with Gasteiger partial charge >= 0.3 is 0 Å². The third kappa shape index (κ3) is 3.00. The molecule has 1 atom stereocenters. The van der Waals surface area contributed by atoms with E-state index in [0.29, 0.717) is 24.2 Å². The average molecular weight is 311 g/mol. The lowest BCUT2D eigenvalue weighted by Gasteiger charge is -2.02. The molecule has 0 bridgehead atoms. The Morgan fingerprint density at radius 3 is 2.83 bits per heavy atom. The van der Waals surface area contributed by atoms with Crippen LogP contribution in [0.25, 0.3) is 11.4 Å². The van der Waals surface area contributed by atoms with Crippen molar-refractivity contribution in [3.05, 3.63) is 47.6 Å². The Kier molecular flexibility index (Phi) is 3.63. The Balaban J connectivity index is 1.46. The third-order valence-corrected chi connectivity index (χ3v) is 3.99. The second kappa shape index (κ2) is 5.92. The first-order chi connectivity index (χ1) is 11.3. The minimum absolute atomic E-state index is 0.382. The Morgan fingerprint density at radius 2 is 2.13 bits per heavy atom. The van der Waals surface area contributed by atoms with E-state index in [1.807, 2.05) is 35.1 Å². The summed E-state index contributed by atoms with van der Waals surface area (Å²) >= 11 is 0. The lowest BCUT2D eigenvalue weighted by Crippen LogP contribution is -2.00. The van der Waals surface area contributed by atoms with Crippen molar-refractivity contribution >= 4 is 0 Å². The summed E-state index contributed by atoms with van der Waals surface area (Å²) in [5.41, 5.74) is 3.10. The van der Waals surface area contributed by atoms with E-state index < -0.39 is 0 Å². The molecule has 1 fully saturated rings. The lowest BCUT2D eigenvalue weighted by atomic mass is 10.1. The van der Waals surface area contributed by atoms with Gasteiger partial charge in [-0.15, -0.1) is 5.10 Å². The van der Waals surface area contributed by atoms with Crippen molar-refractivity contribution in [2.45, 2.75) is 25.8 Å². The maximum atomic E-state index is 5.40. The number of aromatic nitrogens is 5. The largest absolute Gasteiger partial charge is 0.381 e. The maximum absolute atomic E-state index is 5.40. The fraction of sp³-hybridized carbons (Fsp3) is 0.375. The van der Waals surface area contributed by atoms with Gasteiger partial charge in [0.1, 0.15) is 0 Å². The molecule has 23 heavy (non-hydrogen) atoms. The van der Waals surface area contributed by atoms with Gasteiger partial charge in [0.25, 0.3) is 0 Å². The van der Waals surface area contributed by atoms with E-state index in [9.17, 15) is 0 Å². The molecular formula is C16H17N5O2. The topological polar surface area (TPSA) is 78.9 Å². The standard InChI is InChI=1S/C16H17N5O2/c1-11-17-16(19-23-11)13-4-2-12(3-5-13)8-21-9-15(18-20-21)14-6-7-22-10-14/h2-5,9,14H,6-8,10H2,1H3. The van der Waals surface area contributed by atoms with Crippen LogP contribution >= 0.6 is 0 Å². The Bertz CT molecular complexity index is 787. The van der Waals surface area contributed by atoms with Crippen LogP contribution in [0.1, 0.15) is 29.5 Å². The highest BCUT2D eigenvalue weighted by molar-refractivity contribution is 5.54. The van der Waals surface area contributed by atoms with E-state index in [1.54, 1.807) is 6.92 Å². The number of hydrogen-bond donors (Lipinski definition) is 0. The molecule has 0 radical (unpaired) electrons. The summed E-state index contributed by atoms with van der Waals surface area (Å²) in [5, 5.41) is 12.4. The number of ether oxygens (including phenoxy) is 1. The molecule has 3 aromatic rings. The first-order valence-electron chi connectivity index (χ1n) is 7.65. The third-order valence-electron chi connectivity index (χ3n) is 3.99. The van der Waals surface area contributed by atoms with Crippen LogP contribution in [-0.2, 0) is 11.3 Å². The highest BCUT2D eigenvalue weighted by Crippen LogP contribution is 2.23. The van der Waals surface area contributed by atoms with Crippen LogP contribution in [0.5, 0.6) is 0 Å². The molecule has 1 saturated heterocycles. The molecule has 1 aromatic carbocycles. The first kappa shape index (κ1) is 14.1. The van der Waals surface area contributed by atoms with Crippen molar-refractivity contribution in [2.75, 3.05) is 13.2 Å². The van der Waals surface area contributed by atoms with Gasteiger partial charge in [-0.25, -0.2) is 4.68 Å². The van der Waals surface area contributed by atoms with Crippen molar-refractivity contribution < 1.29 is 9.26 Å². The van der Waals surface area contributed by atoms with Crippen LogP contribution in [0.15, 0.2) is 35.0 Å². The summed E-state index contributed by atoms with van der Waals surface area (Å²) in [7, 11) is 0. The molecule has 0 aliphatic carbocycles. The Hall–Kier alpha value is -2.54. The van der Waals surface area contributed by atoms with Crippen LogP contribution in [-0.4, -0.2) is 38.3 Å². The molecule has 7 heteroatoms. The van der Waals surface area contributed by atoms with Gasteiger partial charge in [-0.05, 0) is 12.0 Å². The van der Waals surface area contributed by atoms with Gasteiger partial charge in [0.2, 0.25) is 11.7 Å². The summed E-state index contributed by atoms with van der Waals surface area (Å²) < 4.78 is 12.3. The Morgan fingerprint density at radius 1 is 1.26 bits per heavy atom. The normalized spacial score (nSPS) is 17.7. The quantitative estimate of drug-likeness (QED) is 0.735. The summed E-state index contributed by atoms with van der Waals surface area (Å²) in [6, 6.07) is 8.06. The van der Waals surface area contributed by atoms with Crippen LogP contribution in [0.4, 0.5) is 0 Å². The molecule has 0 amide bonds. The summed E-state index contributed by atoms with van der Waals surface area (Å²) in [6.45, 7) is 4.03. The van der Waals surface area contributed by atoms with Crippen LogP contribution < -0.4 is 0 Å². The molecule has 4 rings (SSSR count). The van der Waals surface area contributed by atoms with Gasteiger partial charge in [0.15, 0.2) is 0 Å². The molecule has 0 saturated carbocycles. The van der Waals surface area contributed by atoms with Crippen molar-refractivity contribution in [1.29, 1.82) is 0 Å². The zero-order valence-corrected chi connectivity index (χ0v) is 12.8. The van der Waals surface area contributed by atoms with Gasteiger partial charge in [-0.1, -0.05) is 34.6 Å². The molecule has 0 N–H and O–H groups in total. The molecular weight excluding hydrogens is 294 g/mol. The number of aryl methyl sites for hydroxylation is 1. The van der Waals surface area contributed by atoms with Gasteiger partial charge in [-0.3, -0.25) is 0 Å².